The highest BCUT2D eigenvalue weighted by atomic mass is 35.7. The van der Waals surface area contributed by atoms with Crippen molar-refractivity contribution in [3.63, 3.8) is 0 Å². The smallest absolute Gasteiger partial charge is 0.261 e. The van der Waals surface area contributed by atoms with Crippen LogP contribution in [0.4, 0.5) is 0 Å². The highest BCUT2D eigenvalue weighted by Crippen LogP contribution is 2.21. The van der Waals surface area contributed by atoms with E-state index >= 15 is 0 Å². The predicted molar refractivity (Wildman–Crippen MR) is 80.6 cm³/mol. The molecule has 1 unspecified atom stereocenters. The van der Waals surface area contributed by atoms with E-state index in [1.54, 1.807) is 6.92 Å². The molecule has 0 fully saturated rings. The summed E-state index contributed by atoms with van der Waals surface area (Å²) in [5, 5.41) is 2.91. The minimum Gasteiger partial charge on any atom is -0.349 e. The van der Waals surface area contributed by atoms with Crippen molar-refractivity contribution in [2.45, 2.75) is 45.6 Å². The Morgan fingerprint density at radius 1 is 1.30 bits per heavy atom. The molecule has 1 aromatic carbocycles. The van der Waals surface area contributed by atoms with E-state index in [9.17, 15) is 13.2 Å². The van der Waals surface area contributed by atoms with E-state index in [0.29, 0.717) is 11.1 Å². The zero-order chi connectivity index (χ0) is 15.7. The standard InChI is InChI=1S/C14H20ClNO3S/c1-9-8-11(20(15,18)19)6-7-12(9)13(17)16-10(2)14(3,4)5/h6-8,10H,1-5H3,(H,16,17). The van der Waals surface area contributed by atoms with Gasteiger partial charge in [-0.2, -0.15) is 0 Å². The van der Waals surface area contributed by atoms with E-state index < -0.39 is 9.05 Å². The van der Waals surface area contributed by atoms with Crippen molar-refractivity contribution in [1.82, 2.24) is 5.32 Å². The highest BCUT2D eigenvalue weighted by Gasteiger charge is 2.23. The summed E-state index contributed by atoms with van der Waals surface area (Å²) in [4.78, 5) is 12.2. The van der Waals surface area contributed by atoms with Gasteiger partial charge in [-0.25, -0.2) is 8.42 Å². The number of amides is 1. The van der Waals surface area contributed by atoms with Gasteiger partial charge in [0.05, 0.1) is 4.90 Å². The molecular formula is C14H20ClNO3S. The van der Waals surface area contributed by atoms with Gasteiger partial charge in [-0.3, -0.25) is 4.79 Å². The fourth-order valence-electron chi connectivity index (χ4n) is 1.53. The highest BCUT2D eigenvalue weighted by molar-refractivity contribution is 8.13. The van der Waals surface area contributed by atoms with E-state index in [2.05, 4.69) is 5.32 Å². The zero-order valence-corrected chi connectivity index (χ0v) is 13.9. The first-order valence-corrected chi connectivity index (χ1v) is 8.60. The second-order valence-corrected chi connectivity index (χ2v) is 8.54. The summed E-state index contributed by atoms with van der Waals surface area (Å²) in [5.41, 5.74) is 0.971. The molecule has 0 aliphatic carbocycles. The number of nitrogens with one attached hydrogen (secondary N) is 1. The molecule has 0 saturated heterocycles. The van der Waals surface area contributed by atoms with Gasteiger partial charge in [0, 0.05) is 22.3 Å². The van der Waals surface area contributed by atoms with Gasteiger partial charge in [-0.1, -0.05) is 20.8 Å². The largest absolute Gasteiger partial charge is 0.349 e. The Bertz CT molecular complexity index is 618. The van der Waals surface area contributed by atoms with Gasteiger partial charge in [0.15, 0.2) is 0 Å². The molecule has 0 aliphatic heterocycles. The number of aryl methyl sites for hydroxylation is 1. The number of hydrogen-bond acceptors (Lipinski definition) is 3. The van der Waals surface area contributed by atoms with Crippen molar-refractivity contribution in [1.29, 1.82) is 0 Å². The molecule has 1 atom stereocenters. The normalized spacial score (nSPS) is 13.9. The van der Waals surface area contributed by atoms with Crippen LogP contribution in [0, 0.1) is 12.3 Å². The lowest BCUT2D eigenvalue weighted by molar-refractivity contribution is 0.0909. The van der Waals surface area contributed by atoms with Gasteiger partial charge in [-0.05, 0) is 43.0 Å². The molecule has 0 aliphatic rings. The summed E-state index contributed by atoms with van der Waals surface area (Å²) < 4.78 is 22.5. The van der Waals surface area contributed by atoms with Crippen LogP contribution in [-0.2, 0) is 9.05 Å². The molecule has 1 aromatic rings. The molecule has 0 radical (unpaired) electrons. The number of hydrogen-bond donors (Lipinski definition) is 1. The summed E-state index contributed by atoms with van der Waals surface area (Å²) in [5.74, 6) is -0.219. The molecule has 0 saturated carbocycles. The van der Waals surface area contributed by atoms with Gasteiger partial charge in [0.1, 0.15) is 0 Å². The summed E-state index contributed by atoms with van der Waals surface area (Å²) in [6, 6.07) is 4.21. The Morgan fingerprint density at radius 2 is 1.85 bits per heavy atom. The van der Waals surface area contributed by atoms with Crippen LogP contribution in [0.5, 0.6) is 0 Å². The van der Waals surface area contributed by atoms with Crippen molar-refractivity contribution >= 4 is 25.6 Å². The quantitative estimate of drug-likeness (QED) is 0.871. The van der Waals surface area contributed by atoms with Gasteiger partial charge < -0.3 is 5.32 Å². The van der Waals surface area contributed by atoms with E-state index in [1.807, 2.05) is 27.7 Å². The Labute approximate surface area is 124 Å². The van der Waals surface area contributed by atoms with Crippen molar-refractivity contribution in [3.05, 3.63) is 29.3 Å². The number of halogens is 1. The van der Waals surface area contributed by atoms with Crippen molar-refractivity contribution < 1.29 is 13.2 Å². The first kappa shape index (κ1) is 17.0. The Hall–Kier alpha value is -1.07. The molecule has 0 heterocycles. The fraction of sp³-hybridized carbons (Fsp3) is 0.500. The average molecular weight is 318 g/mol. The zero-order valence-electron chi connectivity index (χ0n) is 12.3. The van der Waals surface area contributed by atoms with Crippen LogP contribution in [0.3, 0.4) is 0 Å². The summed E-state index contributed by atoms with van der Waals surface area (Å²) in [6.45, 7) is 9.73. The first-order chi connectivity index (χ1) is 8.93. The maximum Gasteiger partial charge on any atom is 0.261 e. The lowest BCUT2D eigenvalue weighted by atomic mass is 9.88. The molecule has 0 bridgehead atoms. The summed E-state index contributed by atoms with van der Waals surface area (Å²) in [6.07, 6.45) is 0. The Morgan fingerprint density at radius 3 is 2.25 bits per heavy atom. The molecule has 20 heavy (non-hydrogen) atoms. The molecule has 0 aromatic heterocycles. The molecule has 1 N–H and O–H groups in total. The lowest BCUT2D eigenvalue weighted by Crippen LogP contribution is -2.41. The average Bonchev–Trinajstić information content (AvgIpc) is 2.25. The predicted octanol–water partition coefficient (Wildman–Crippen LogP) is 3.09. The first-order valence-electron chi connectivity index (χ1n) is 6.29. The second kappa shape index (κ2) is 5.74. The van der Waals surface area contributed by atoms with Gasteiger partial charge >= 0.3 is 0 Å². The van der Waals surface area contributed by atoms with Crippen molar-refractivity contribution in [2.24, 2.45) is 5.41 Å². The number of carbonyl (C=O) groups excluding carboxylic acids is 1. The topological polar surface area (TPSA) is 63.2 Å². The van der Waals surface area contributed by atoms with Crippen molar-refractivity contribution in [2.75, 3.05) is 0 Å². The fourth-order valence-corrected chi connectivity index (χ4v) is 2.37. The maximum atomic E-state index is 12.2. The third-order valence-electron chi connectivity index (χ3n) is 3.37. The Balaban J connectivity index is 3.02. The van der Waals surface area contributed by atoms with Crippen molar-refractivity contribution in [3.8, 4) is 0 Å². The third-order valence-corrected chi connectivity index (χ3v) is 4.72. The molecule has 112 valence electrons. The van der Waals surface area contributed by atoms with Crippen LogP contribution in [0.25, 0.3) is 0 Å². The van der Waals surface area contributed by atoms with Crippen LogP contribution in [0.2, 0.25) is 0 Å². The van der Waals surface area contributed by atoms with Crippen LogP contribution >= 0.6 is 10.7 Å². The van der Waals surface area contributed by atoms with Crippen LogP contribution in [-0.4, -0.2) is 20.4 Å². The van der Waals surface area contributed by atoms with Gasteiger partial charge in [0.25, 0.3) is 15.0 Å². The summed E-state index contributed by atoms with van der Waals surface area (Å²) >= 11 is 0. The van der Waals surface area contributed by atoms with E-state index in [1.165, 1.54) is 18.2 Å². The van der Waals surface area contributed by atoms with Gasteiger partial charge in [0.2, 0.25) is 0 Å². The SMILES string of the molecule is Cc1cc(S(=O)(=O)Cl)ccc1C(=O)NC(C)C(C)(C)C. The molecule has 1 rings (SSSR count). The summed E-state index contributed by atoms with van der Waals surface area (Å²) in [7, 11) is 1.50. The van der Waals surface area contributed by atoms with Gasteiger partial charge in [-0.15, -0.1) is 0 Å². The molecule has 1 amide bonds. The molecule has 4 nitrogen and oxygen atoms in total. The van der Waals surface area contributed by atoms with E-state index in [0.717, 1.165) is 0 Å². The number of carbonyl (C=O) groups is 1. The van der Waals surface area contributed by atoms with Crippen LogP contribution in [0.1, 0.15) is 43.6 Å². The van der Waals surface area contributed by atoms with Crippen LogP contribution in [0.15, 0.2) is 23.1 Å². The maximum absolute atomic E-state index is 12.2. The minimum absolute atomic E-state index is 0.00270. The molecule has 6 heteroatoms. The third kappa shape index (κ3) is 4.21. The Kier molecular flexibility index (Phi) is 4.87. The van der Waals surface area contributed by atoms with Crippen LogP contribution < -0.4 is 5.32 Å². The lowest BCUT2D eigenvalue weighted by Gasteiger charge is -2.28. The van der Waals surface area contributed by atoms with E-state index in [-0.39, 0.29) is 22.3 Å². The molecular weight excluding hydrogens is 298 g/mol. The minimum atomic E-state index is -3.77. The number of benzene rings is 1. The monoisotopic (exact) mass is 317 g/mol. The number of rotatable bonds is 3. The second-order valence-electron chi connectivity index (χ2n) is 5.98. The molecule has 0 spiro atoms. The van der Waals surface area contributed by atoms with E-state index in [4.69, 9.17) is 10.7 Å².